The van der Waals surface area contributed by atoms with Gasteiger partial charge in [0.15, 0.2) is 0 Å². The summed E-state index contributed by atoms with van der Waals surface area (Å²) in [5, 5.41) is 3.31. The fourth-order valence-electron chi connectivity index (χ4n) is 2.76. The van der Waals surface area contributed by atoms with E-state index in [1.54, 1.807) is 42.1 Å². The summed E-state index contributed by atoms with van der Waals surface area (Å²) < 4.78 is 1.04. The number of amides is 3. The van der Waals surface area contributed by atoms with Crippen LogP contribution < -0.4 is 5.32 Å². The normalized spacial score (nSPS) is 14.9. The van der Waals surface area contributed by atoms with E-state index in [1.165, 1.54) is 11.3 Å². The number of carbonyl (C=O) groups is 3. The van der Waals surface area contributed by atoms with Gasteiger partial charge in [0.1, 0.15) is 6.54 Å². The van der Waals surface area contributed by atoms with Crippen LogP contribution in [-0.2, 0) is 9.59 Å². The molecule has 0 unspecified atom stereocenters. The lowest BCUT2D eigenvalue weighted by molar-refractivity contribution is -0.127. The van der Waals surface area contributed by atoms with E-state index < -0.39 is 17.1 Å². The fourth-order valence-corrected chi connectivity index (χ4v) is 6.05. The molecular weight excluding hydrogens is 507 g/mol. The van der Waals surface area contributed by atoms with Crippen molar-refractivity contribution in [2.75, 3.05) is 11.9 Å². The molecule has 3 aromatic rings. The Morgan fingerprint density at radius 2 is 1.81 bits per heavy atom. The molecule has 1 aliphatic heterocycles. The van der Waals surface area contributed by atoms with Crippen molar-refractivity contribution in [1.82, 2.24) is 4.90 Å². The third-order valence-corrected chi connectivity index (χ3v) is 7.76. The van der Waals surface area contributed by atoms with Crippen molar-refractivity contribution in [2.45, 2.75) is 9.10 Å². The molecule has 1 fully saturated rings. The van der Waals surface area contributed by atoms with Crippen LogP contribution in [0.1, 0.15) is 4.88 Å². The summed E-state index contributed by atoms with van der Waals surface area (Å²) in [6, 6.07) is 18.0. The minimum Gasteiger partial charge on any atom is -0.324 e. The van der Waals surface area contributed by atoms with Crippen molar-refractivity contribution in [3.05, 3.63) is 80.5 Å². The van der Waals surface area contributed by atoms with Crippen molar-refractivity contribution in [3.63, 3.8) is 0 Å². The molecule has 2 heterocycles. The minimum atomic E-state index is -0.485. The first-order chi connectivity index (χ1) is 15.4. The molecule has 0 radical (unpaired) electrons. The lowest BCUT2D eigenvalue weighted by Crippen LogP contribution is -2.36. The standard InChI is InChI=1S/C22H14Cl2N2O3S3/c23-13-4-6-16(7-5-13)30-20-9-8-17(31-20)11-18-21(28)26(22(29)32-18)12-19(27)25-15-3-1-2-14(24)10-15/h1-11H,12H2,(H,25,27)/b18-11-. The van der Waals surface area contributed by atoms with E-state index in [0.717, 1.165) is 30.6 Å². The van der Waals surface area contributed by atoms with Gasteiger partial charge in [0, 0.05) is 25.5 Å². The highest BCUT2D eigenvalue weighted by Gasteiger charge is 2.36. The molecule has 1 saturated heterocycles. The van der Waals surface area contributed by atoms with Gasteiger partial charge in [-0.15, -0.1) is 11.3 Å². The number of hydrogen-bond donors (Lipinski definition) is 1. The second kappa shape index (κ2) is 10.1. The summed E-state index contributed by atoms with van der Waals surface area (Å²) in [5.41, 5.74) is 0.495. The Morgan fingerprint density at radius 3 is 2.56 bits per heavy atom. The molecule has 0 bridgehead atoms. The zero-order chi connectivity index (χ0) is 22.7. The predicted molar refractivity (Wildman–Crippen MR) is 133 cm³/mol. The number of nitrogens with one attached hydrogen (secondary N) is 1. The van der Waals surface area contributed by atoms with Gasteiger partial charge in [-0.25, -0.2) is 0 Å². The molecule has 1 N–H and O–H groups in total. The average molecular weight is 521 g/mol. The van der Waals surface area contributed by atoms with Gasteiger partial charge in [-0.2, -0.15) is 0 Å². The van der Waals surface area contributed by atoms with E-state index in [-0.39, 0.29) is 11.4 Å². The molecule has 0 atom stereocenters. The number of hydrogen-bond acceptors (Lipinski definition) is 6. The highest BCUT2D eigenvalue weighted by Crippen LogP contribution is 2.37. The Bertz CT molecular complexity index is 1230. The van der Waals surface area contributed by atoms with Crippen LogP contribution in [0.15, 0.2) is 74.7 Å². The first-order valence-electron chi connectivity index (χ1n) is 9.21. The molecule has 0 aliphatic carbocycles. The molecule has 32 heavy (non-hydrogen) atoms. The Kier molecular flexibility index (Phi) is 7.27. The van der Waals surface area contributed by atoms with Crippen LogP contribution in [0.3, 0.4) is 0 Å². The molecule has 1 aromatic heterocycles. The van der Waals surface area contributed by atoms with E-state index in [0.29, 0.717) is 15.7 Å². The number of imide groups is 1. The molecule has 4 rings (SSSR count). The van der Waals surface area contributed by atoms with Gasteiger partial charge >= 0.3 is 0 Å². The van der Waals surface area contributed by atoms with Gasteiger partial charge in [0.25, 0.3) is 11.1 Å². The van der Waals surface area contributed by atoms with Gasteiger partial charge in [-0.3, -0.25) is 19.3 Å². The van der Waals surface area contributed by atoms with Crippen LogP contribution in [0.4, 0.5) is 10.5 Å². The van der Waals surface area contributed by atoms with Crippen LogP contribution in [0, 0.1) is 0 Å². The summed E-state index contributed by atoms with van der Waals surface area (Å²) in [5.74, 6) is -0.963. The number of benzene rings is 2. The smallest absolute Gasteiger partial charge is 0.294 e. The Balaban J connectivity index is 1.40. The Hall–Kier alpha value is -2.23. The molecule has 1 aliphatic rings. The molecule has 10 heteroatoms. The summed E-state index contributed by atoms with van der Waals surface area (Å²) in [6.07, 6.45) is 1.68. The zero-order valence-corrected chi connectivity index (χ0v) is 20.2. The summed E-state index contributed by atoms with van der Waals surface area (Å²) in [6.45, 7) is -0.364. The Labute approximate surface area is 206 Å². The lowest BCUT2D eigenvalue weighted by atomic mass is 10.3. The minimum absolute atomic E-state index is 0.287. The van der Waals surface area contributed by atoms with Gasteiger partial charge in [0.2, 0.25) is 5.91 Å². The van der Waals surface area contributed by atoms with Gasteiger partial charge < -0.3 is 5.32 Å². The molecule has 3 amide bonds. The largest absolute Gasteiger partial charge is 0.324 e. The second-order valence-electron chi connectivity index (χ2n) is 6.54. The maximum atomic E-state index is 12.7. The summed E-state index contributed by atoms with van der Waals surface area (Å²) in [4.78, 5) is 40.4. The molecular formula is C22H14Cl2N2O3S3. The SMILES string of the molecule is O=C(CN1C(=O)S/C(=C\c2ccc(Sc3ccc(Cl)cc3)s2)C1=O)Nc1cccc(Cl)c1. The predicted octanol–water partition coefficient (Wildman–Crippen LogP) is 6.88. The van der Waals surface area contributed by atoms with Gasteiger partial charge in [-0.05, 0) is 72.4 Å². The van der Waals surface area contributed by atoms with Gasteiger partial charge in [-0.1, -0.05) is 41.0 Å². The first-order valence-corrected chi connectivity index (χ1v) is 12.4. The molecule has 162 valence electrons. The fraction of sp³-hybridized carbons (Fsp3) is 0.0455. The topological polar surface area (TPSA) is 66.5 Å². The summed E-state index contributed by atoms with van der Waals surface area (Å²) >= 11 is 15.7. The van der Waals surface area contributed by atoms with Gasteiger partial charge in [0.05, 0.1) is 9.11 Å². The third kappa shape index (κ3) is 5.76. The van der Waals surface area contributed by atoms with E-state index in [9.17, 15) is 14.4 Å². The van der Waals surface area contributed by atoms with Crippen molar-refractivity contribution >= 4 is 86.9 Å². The maximum absolute atomic E-state index is 12.7. The van der Waals surface area contributed by atoms with Crippen molar-refractivity contribution in [2.24, 2.45) is 0 Å². The molecule has 5 nitrogen and oxygen atoms in total. The van der Waals surface area contributed by atoms with E-state index in [2.05, 4.69) is 5.32 Å². The van der Waals surface area contributed by atoms with Crippen molar-refractivity contribution in [1.29, 1.82) is 0 Å². The van der Waals surface area contributed by atoms with Crippen LogP contribution in [-0.4, -0.2) is 28.5 Å². The maximum Gasteiger partial charge on any atom is 0.294 e. The van der Waals surface area contributed by atoms with E-state index in [4.69, 9.17) is 23.2 Å². The quantitative estimate of drug-likeness (QED) is 0.358. The monoisotopic (exact) mass is 520 g/mol. The first kappa shape index (κ1) is 22.9. The van der Waals surface area contributed by atoms with E-state index in [1.807, 2.05) is 36.4 Å². The van der Waals surface area contributed by atoms with E-state index >= 15 is 0 Å². The van der Waals surface area contributed by atoms with Crippen molar-refractivity contribution < 1.29 is 14.4 Å². The Morgan fingerprint density at radius 1 is 1.03 bits per heavy atom. The van der Waals surface area contributed by atoms with Crippen molar-refractivity contribution in [3.8, 4) is 0 Å². The molecule has 0 saturated carbocycles. The number of thioether (sulfide) groups is 1. The second-order valence-corrected chi connectivity index (χ2v) is 10.9. The number of thiophene rings is 1. The van der Waals surface area contributed by atoms with Crippen LogP contribution >= 0.6 is 58.1 Å². The highest BCUT2D eigenvalue weighted by molar-refractivity contribution is 8.18. The van der Waals surface area contributed by atoms with Crippen LogP contribution in [0.5, 0.6) is 0 Å². The number of carbonyl (C=O) groups excluding carboxylic acids is 3. The third-order valence-electron chi connectivity index (χ3n) is 4.19. The number of nitrogens with zero attached hydrogens (tertiary/aromatic N) is 1. The number of anilines is 1. The number of rotatable bonds is 6. The molecule has 2 aromatic carbocycles. The number of halogens is 2. The molecule has 0 spiro atoms. The average Bonchev–Trinajstić information content (AvgIpc) is 3.29. The van der Waals surface area contributed by atoms with Crippen LogP contribution in [0.2, 0.25) is 10.0 Å². The highest BCUT2D eigenvalue weighted by atomic mass is 35.5. The lowest BCUT2D eigenvalue weighted by Gasteiger charge is -2.12. The zero-order valence-electron chi connectivity index (χ0n) is 16.2. The van der Waals surface area contributed by atoms with Crippen LogP contribution in [0.25, 0.3) is 6.08 Å². The summed E-state index contributed by atoms with van der Waals surface area (Å²) in [7, 11) is 0.